The average molecular weight is 684 g/mol. The third-order valence-electron chi connectivity index (χ3n) is 7.30. The van der Waals surface area contributed by atoms with Crippen LogP contribution in [0.5, 0.6) is 17.2 Å². The van der Waals surface area contributed by atoms with E-state index < -0.39 is 23.0 Å². The molecule has 0 spiro atoms. The number of thioether (sulfide) groups is 1. The summed E-state index contributed by atoms with van der Waals surface area (Å²) in [6, 6.07) is 23.3. The molecule has 0 aromatic heterocycles. The van der Waals surface area contributed by atoms with E-state index in [1.54, 1.807) is 73.7 Å². The fraction of sp³-hybridized carbons (Fsp3) is 0.189. The SMILES string of the molecule is CCC(Sc1cccc(NC(=O)/C(=C\c2cc(OC)c(OC)c(OC)c2)NC(=O)c2ccccc2)c1)C(=O)Nc1cc(C(=O)O)ccc1C. The summed E-state index contributed by atoms with van der Waals surface area (Å²) in [5, 5.41) is 17.3. The molecule has 49 heavy (non-hydrogen) atoms. The second-order valence-corrected chi connectivity index (χ2v) is 11.9. The van der Waals surface area contributed by atoms with Crippen LogP contribution < -0.4 is 30.2 Å². The molecule has 0 bridgehead atoms. The van der Waals surface area contributed by atoms with Gasteiger partial charge in [0.15, 0.2) is 11.5 Å². The predicted octanol–water partition coefficient (Wildman–Crippen LogP) is 6.64. The molecule has 4 rings (SSSR count). The molecular formula is C37H37N3O8S. The maximum absolute atomic E-state index is 13.7. The van der Waals surface area contributed by atoms with Crippen LogP contribution in [0.25, 0.3) is 6.08 Å². The van der Waals surface area contributed by atoms with E-state index >= 15 is 0 Å². The molecule has 4 aromatic carbocycles. The number of anilines is 2. The van der Waals surface area contributed by atoms with Gasteiger partial charge >= 0.3 is 5.97 Å². The number of rotatable bonds is 14. The monoisotopic (exact) mass is 683 g/mol. The van der Waals surface area contributed by atoms with Crippen molar-refractivity contribution in [1.82, 2.24) is 5.32 Å². The van der Waals surface area contributed by atoms with Gasteiger partial charge in [0.2, 0.25) is 11.7 Å². The first kappa shape index (κ1) is 36.1. The van der Waals surface area contributed by atoms with Crippen molar-refractivity contribution in [2.45, 2.75) is 30.4 Å². The third-order valence-corrected chi connectivity index (χ3v) is 8.66. The van der Waals surface area contributed by atoms with Gasteiger partial charge in [-0.25, -0.2) is 4.79 Å². The predicted molar refractivity (Wildman–Crippen MR) is 190 cm³/mol. The number of ether oxygens (including phenoxy) is 3. The van der Waals surface area contributed by atoms with Crippen LogP contribution in [0, 0.1) is 6.92 Å². The van der Waals surface area contributed by atoms with Crippen molar-refractivity contribution in [3.8, 4) is 17.2 Å². The van der Waals surface area contributed by atoms with Gasteiger partial charge in [0.1, 0.15) is 5.70 Å². The van der Waals surface area contributed by atoms with Gasteiger partial charge in [-0.1, -0.05) is 37.3 Å². The van der Waals surface area contributed by atoms with Gasteiger partial charge < -0.3 is 35.3 Å². The minimum absolute atomic E-state index is 0.0500. The Labute approximate surface area is 288 Å². The molecule has 0 aliphatic carbocycles. The van der Waals surface area contributed by atoms with E-state index in [1.165, 1.54) is 51.3 Å². The van der Waals surface area contributed by atoms with Crippen molar-refractivity contribution in [1.29, 1.82) is 0 Å². The van der Waals surface area contributed by atoms with E-state index in [0.717, 1.165) is 5.56 Å². The summed E-state index contributed by atoms with van der Waals surface area (Å²) >= 11 is 1.30. The smallest absolute Gasteiger partial charge is 0.335 e. The number of carboxylic acid groups (broad SMARTS) is 1. The van der Waals surface area contributed by atoms with E-state index in [0.29, 0.717) is 51.1 Å². The highest BCUT2D eigenvalue weighted by molar-refractivity contribution is 8.00. The molecular weight excluding hydrogens is 646 g/mol. The summed E-state index contributed by atoms with van der Waals surface area (Å²) in [5.74, 6) is -1.35. The lowest BCUT2D eigenvalue weighted by Gasteiger charge is -2.17. The Morgan fingerprint density at radius 3 is 2.12 bits per heavy atom. The van der Waals surface area contributed by atoms with Crippen LogP contribution in [0.2, 0.25) is 0 Å². The molecule has 0 heterocycles. The van der Waals surface area contributed by atoms with Gasteiger partial charge in [0, 0.05) is 21.8 Å². The van der Waals surface area contributed by atoms with E-state index in [1.807, 2.05) is 13.0 Å². The van der Waals surface area contributed by atoms with Crippen LogP contribution in [-0.2, 0) is 9.59 Å². The number of carbonyl (C=O) groups excluding carboxylic acids is 3. The largest absolute Gasteiger partial charge is 0.493 e. The number of methoxy groups -OCH3 is 3. The fourth-order valence-electron chi connectivity index (χ4n) is 4.73. The van der Waals surface area contributed by atoms with E-state index in [2.05, 4.69) is 16.0 Å². The molecule has 4 aromatic rings. The van der Waals surface area contributed by atoms with Gasteiger partial charge in [-0.15, -0.1) is 11.8 Å². The Morgan fingerprint density at radius 1 is 0.816 bits per heavy atom. The Hall–Kier alpha value is -5.75. The van der Waals surface area contributed by atoms with E-state index in [4.69, 9.17) is 14.2 Å². The lowest BCUT2D eigenvalue weighted by atomic mass is 10.1. The first-order valence-corrected chi connectivity index (χ1v) is 16.1. The van der Waals surface area contributed by atoms with Gasteiger partial charge in [0.25, 0.3) is 11.8 Å². The number of carbonyl (C=O) groups is 4. The second-order valence-electron chi connectivity index (χ2n) is 10.7. The minimum atomic E-state index is -1.09. The van der Waals surface area contributed by atoms with Crippen molar-refractivity contribution in [3.05, 3.63) is 113 Å². The van der Waals surface area contributed by atoms with Crippen LogP contribution in [0.4, 0.5) is 11.4 Å². The number of benzene rings is 4. The number of carboxylic acids is 1. The molecule has 3 amide bonds. The number of aryl methyl sites for hydroxylation is 1. The summed E-state index contributed by atoms with van der Waals surface area (Å²) in [6.45, 7) is 3.66. The van der Waals surface area contributed by atoms with Crippen molar-refractivity contribution < 1.29 is 38.5 Å². The zero-order valence-corrected chi connectivity index (χ0v) is 28.5. The van der Waals surface area contributed by atoms with Gasteiger partial charge in [-0.2, -0.15) is 0 Å². The summed E-state index contributed by atoms with van der Waals surface area (Å²) < 4.78 is 16.3. The number of nitrogens with one attached hydrogen (secondary N) is 3. The molecule has 0 fully saturated rings. The van der Waals surface area contributed by atoms with Crippen molar-refractivity contribution in [2.24, 2.45) is 0 Å². The third kappa shape index (κ3) is 9.42. The van der Waals surface area contributed by atoms with Gasteiger partial charge in [0.05, 0.1) is 32.1 Å². The summed E-state index contributed by atoms with van der Waals surface area (Å²) in [4.78, 5) is 52.3. The zero-order chi connectivity index (χ0) is 35.5. The summed E-state index contributed by atoms with van der Waals surface area (Å²) in [5.41, 5.74) is 2.47. The number of aromatic carboxylic acids is 1. The van der Waals surface area contributed by atoms with Crippen molar-refractivity contribution >= 4 is 52.9 Å². The summed E-state index contributed by atoms with van der Waals surface area (Å²) in [7, 11) is 4.44. The molecule has 1 atom stereocenters. The lowest BCUT2D eigenvalue weighted by molar-refractivity contribution is -0.116. The van der Waals surface area contributed by atoms with Crippen molar-refractivity contribution in [3.63, 3.8) is 0 Å². The van der Waals surface area contributed by atoms with Crippen LogP contribution in [0.1, 0.15) is 45.2 Å². The molecule has 254 valence electrons. The summed E-state index contributed by atoms with van der Waals surface area (Å²) in [6.07, 6.45) is 1.98. The first-order chi connectivity index (χ1) is 23.6. The molecule has 0 aliphatic rings. The van der Waals surface area contributed by atoms with Crippen LogP contribution >= 0.6 is 11.8 Å². The van der Waals surface area contributed by atoms with Crippen molar-refractivity contribution in [2.75, 3.05) is 32.0 Å². The molecule has 0 saturated carbocycles. The molecule has 1 unspecified atom stereocenters. The Bertz CT molecular complexity index is 1850. The van der Waals surface area contributed by atoms with Crippen LogP contribution in [0.3, 0.4) is 0 Å². The first-order valence-electron chi connectivity index (χ1n) is 15.2. The van der Waals surface area contributed by atoms with Gasteiger partial charge in [-0.3, -0.25) is 14.4 Å². The molecule has 12 heteroatoms. The molecule has 0 radical (unpaired) electrons. The normalized spacial score (nSPS) is 11.6. The highest BCUT2D eigenvalue weighted by Gasteiger charge is 2.21. The Kier molecular flexibility index (Phi) is 12.4. The maximum atomic E-state index is 13.7. The molecule has 0 saturated heterocycles. The maximum Gasteiger partial charge on any atom is 0.335 e. The number of amides is 3. The minimum Gasteiger partial charge on any atom is -0.493 e. The lowest BCUT2D eigenvalue weighted by Crippen LogP contribution is -2.30. The fourth-order valence-corrected chi connectivity index (χ4v) is 5.74. The molecule has 0 aliphatic heterocycles. The van der Waals surface area contributed by atoms with E-state index in [-0.39, 0.29) is 17.2 Å². The molecule has 4 N–H and O–H groups in total. The topological polar surface area (TPSA) is 152 Å². The zero-order valence-electron chi connectivity index (χ0n) is 27.7. The second kappa shape index (κ2) is 16.9. The molecule has 11 nitrogen and oxygen atoms in total. The Morgan fingerprint density at radius 2 is 1.51 bits per heavy atom. The number of hydrogen-bond acceptors (Lipinski definition) is 8. The van der Waals surface area contributed by atoms with E-state index in [9.17, 15) is 24.3 Å². The standard InChI is InChI=1S/C37H37N3O8S/c1-6-32(36(43)39-28-20-25(37(44)45)16-15-22(28)2)49-27-14-10-13-26(21-27)38-35(42)29(40-34(41)24-11-8-7-9-12-24)17-23-18-30(46-3)33(48-5)31(19-23)47-4/h7-21,32H,6H2,1-5H3,(H,38,42)(H,39,43)(H,40,41)(H,44,45)/b29-17+. The highest BCUT2D eigenvalue weighted by atomic mass is 32.2. The quantitative estimate of drug-likeness (QED) is 0.0847. The average Bonchev–Trinajstić information content (AvgIpc) is 3.10. The van der Waals surface area contributed by atoms with Crippen LogP contribution in [-0.4, -0.2) is 55.4 Å². The Balaban J connectivity index is 1.58. The van der Waals surface area contributed by atoms with Crippen LogP contribution in [0.15, 0.2) is 95.5 Å². The highest BCUT2D eigenvalue weighted by Crippen LogP contribution is 2.39. The number of hydrogen-bond donors (Lipinski definition) is 4. The van der Waals surface area contributed by atoms with Gasteiger partial charge in [-0.05, 0) is 85.1 Å².